The van der Waals surface area contributed by atoms with Crippen LogP contribution in [0.4, 0.5) is 4.39 Å². The van der Waals surface area contributed by atoms with E-state index in [1.807, 2.05) is 0 Å². The average Bonchev–Trinajstić information content (AvgIpc) is 2.29. The summed E-state index contributed by atoms with van der Waals surface area (Å²) in [6, 6.07) is 0.899. The minimum absolute atomic E-state index is 0.0961. The lowest BCUT2D eigenvalue weighted by Crippen LogP contribution is -2.28. The minimum atomic E-state index is -3.73. The van der Waals surface area contributed by atoms with Crippen LogP contribution in [0.3, 0.4) is 0 Å². The fraction of sp³-hybridized carbons (Fsp3) is 0.444. The molecule has 17 heavy (non-hydrogen) atoms. The lowest BCUT2D eigenvalue weighted by molar-refractivity contribution is 0.147. The molecular formula is C9H14FN3O3S. The van der Waals surface area contributed by atoms with E-state index in [1.165, 1.54) is 0 Å². The zero-order valence-electron chi connectivity index (χ0n) is 9.10. The summed E-state index contributed by atoms with van der Waals surface area (Å²) in [6.07, 6.45) is 2.01. The maximum Gasteiger partial charge on any atom is 0.242 e. The van der Waals surface area contributed by atoms with Crippen molar-refractivity contribution in [2.75, 3.05) is 26.3 Å². The van der Waals surface area contributed by atoms with Crippen molar-refractivity contribution in [1.82, 2.24) is 9.71 Å². The Morgan fingerprint density at radius 3 is 2.82 bits per heavy atom. The molecule has 1 aromatic rings. The molecule has 1 aromatic heterocycles. The second-order valence-corrected chi connectivity index (χ2v) is 4.90. The van der Waals surface area contributed by atoms with Crippen molar-refractivity contribution in [3.8, 4) is 0 Å². The molecule has 1 heterocycles. The smallest absolute Gasteiger partial charge is 0.242 e. The third-order valence-corrected chi connectivity index (χ3v) is 3.22. The molecule has 0 spiro atoms. The first kappa shape index (κ1) is 14.0. The van der Waals surface area contributed by atoms with Gasteiger partial charge in [0.1, 0.15) is 10.7 Å². The van der Waals surface area contributed by atoms with Crippen molar-refractivity contribution in [2.45, 2.75) is 4.90 Å². The highest BCUT2D eigenvalue weighted by atomic mass is 32.2. The van der Waals surface area contributed by atoms with Gasteiger partial charge in [-0.3, -0.25) is 4.98 Å². The van der Waals surface area contributed by atoms with Gasteiger partial charge in [-0.1, -0.05) is 0 Å². The molecule has 0 bridgehead atoms. The summed E-state index contributed by atoms with van der Waals surface area (Å²) in [6.45, 7) is 1.04. The Morgan fingerprint density at radius 2 is 2.18 bits per heavy atom. The summed E-state index contributed by atoms with van der Waals surface area (Å²) in [5, 5.41) is 0. The Morgan fingerprint density at radius 1 is 1.41 bits per heavy atom. The number of nitrogens with zero attached hydrogens (tertiary/aromatic N) is 1. The van der Waals surface area contributed by atoms with E-state index in [-0.39, 0.29) is 18.0 Å². The molecule has 0 aromatic carbocycles. The summed E-state index contributed by atoms with van der Waals surface area (Å²) in [5.41, 5.74) is 5.19. The van der Waals surface area contributed by atoms with Crippen molar-refractivity contribution in [3.05, 3.63) is 24.3 Å². The molecule has 0 aliphatic heterocycles. The molecule has 3 N–H and O–H groups in total. The lowest BCUT2D eigenvalue weighted by atomic mass is 10.5. The van der Waals surface area contributed by atoms with Gasteiger partial charge >= 0.3 is 0 Å². The molecule has 0 aliphatic carbocycles. The molecule has 0 saturated carbocycles. The van der Waals surface area contributed by atoms with Crippen molar-refractivity contribution < 1.29 is 17.5 Å². The summed E-state index contributed by atoms with van der Waals surface area (Å²) < 4.78 is 43.3. The number of rotatable bonds is 7. The quantitative estimate of drug-likeness (QED) is 0.645. The Hall–Kier alpha value is -1.09. The molecular weight excluding hydrogens is 249 g/mol. The van der Waals surface area contributed by atoms with Crippen molar-refractivity contribution in [1.29, 1.82) is 0 Å². The summed E-state index contributed by atoms with van der Waals surface area (Å²) in [4.78, 5) is 3.25. The van der Waals surface area contributed by atoms with Crippen molar-refractivity contribution in [3.63, 3.8) is 0 Å². The van der Waals surface area contributed by atoms with E-state index in [9.17, 15) is 12.8 Å². The van der Waals surface area contributed by atoms with E-state index >= 15 is 0 Å². The molecule has 1 rings (SSSR count). The maximum absolute atomic E-state index is 12.8. The third-order valence-electron chi connectivity index (χ3n) is 1.79. The molecule has 0 saturated heterocycles. The van der Waals surface area contributed by atoms with E-state index in [0.717, 1.165) is 18.5 Å². The van der Waals surface area contributed by atoms with Crippen LogP contribution in [-0.4, -0.2) is 39.7 Å². The average molecular weight is 263 g/mol. The number of sulfonamides is 1. The highest BCUT2D eigenvalue weighted by Gasteiger charge is 2.14. The predicted molar refractivity (Wildman–Crippen MR) is 59.3 cm³/mol. The SMILES string of the molecule is NCCOCCNS(=O)(=O)c1cncc(F)c1. The van der Waals surface area contributed by atoms with Gasteiger partial charge in [-0.25, -0.2) is 17.5 Å². The number of pyridine rings is 1. The maximum atomic E-state index is 12.8. The number of nitrogens with two attached hydrogens (primary N) is 1. The van der Waals surface area contributed by atoms with E-state index in [1.54, 1.807) is 0 Å². The second kappa shape index (κ2) is 6.60. The minimum Gasteiger partial charge on any atom is -0.379 e. The fourth-order valence-corrected chi connectivity index (χ4v) is 2.04. The molecule has 0 amide bonds. The Bertz CT molecular complexity index is 453. The molecule has 0 fully saturated rings. The summed E-state index contributed by atoms with van der Waals surface area (Å²) >= 11 is 0. The summed E-state index contributed by atoms with van der Waals surface area (Å²) in [5.74, 6) is -0.702. The standard InChI is InChI=1S/C9H14FN3O3S/c10-8-5-9(7-12-6-8)17(14,15)13-2-4-16-3-1-11/h5-7,13H,1-4,11H2. The van der Waals surface area contributed by atoms with Crippen LogP contribution in [0, 0.1) is 5.82 Å². The van der Waals surface area contributed by atoms with Crippen molar-refractivity contribution in [2.24, 2.45) is 5.73 Å². The van der Waals surface area contributed by atoms with Crippen LogP contribution in [-0.2, 0) is 14.8 Å². The number of hydrogen-bond acceptors (Lipinski definition) is 5. The van der Waals surface area contributed by atoms with Gasteiger partial charge in [-0.05, 0) is 6.07 Å². The zero-order chi connectivity index (χ0) is 12.7. The van der Waals surface area contributed by atoms with Crippen molar-refractivity contribution >= 4 is 10.0 Å². The van der Waals surface area contributed by atoms with Crippen LogP contribution in [0.5, 0.6) is 0 Å². The van der Waals surface area contributed by atoms with E-state index in [4.69, 9.17) is 10.5 Å². The Labute approximate surface area is 99.0 Å². The number of halogens is 1. The van der Waals surface area contributed by atoms with Gasteiger partial charge in [-0.15, -0.1) is 0 Å². The number of aromatic nitrogens is 1. The zero-order valence-corrected chi connectivity index (χ0v) is 9.91. The van der Waals surface area contributed by atoms with Gasteiger partial charge in [0.05, 0.1) is 19.4 Å². The molecule has 0 aliphatic rings. The third kappa shape index (κ3) is 4.73. The van der Waals surface area contributed by atoms with Gasteiger partial charge in [-0.2, -0.15) is 0 Å². The molecule has 6 nitrogen and oxygen atoms in total. The van der Waals surface area contributed by atoms with Crippen LogP contribution < -0.4 is 10.5 Å². The number of nitrogens with one attached hydrogen (secondary N) is 1. The van der Waals surface area contributed by atoms with Crippen LogP contribution in [0.25, 0.3) is 0 Å². The number of ether oxygens (including phenoxy) is 1. The van der Waals surface area contributed by atoms with Gasteiger partial charge in [0, 0.05) is 19.3 Å². The Kier molecular flexibility index (Phi) is 5.42. The Balaban J connectivity index is 2.51. The molecule has 0 radical (unpaired) electrons. The predicted octanol–water partition coefficient (Wildman–Crippen LogP) is -0.526. The summed E-state index contributed by atoms with van der Waals surface area (Å²) in [7, 11) is -3.73. The topological polar surface area (TPSA) is 94.3 Å². The van der Waals surface area contributed by atoms with E-state index in [2.05, 4.69) is 9.71 Å². The molecule has 8 heteroatoms. The highest BCUT2D eigenvalue weighted by molar-refractivity contribution is 7.89. The van der Waals surface area contributed by atoms with Crippen LogP contribution in [0.1, 0.15) is 0 Å². The van der Waals surface area contributed by atoms with Gasteiger partial charge < -0.3 is 10.5 Å². The first-order chi connectivity index (χ1) is 8.06. The highest BCUT2D eigenvalue weighted by Crippen LogP contribution is 2.07. The first-order valence-corrected chi connectivity index (χ1v) is 6.42. The van der Waals surface area contributed by atoms with Gasteiger partial charge in [0.2, 0.25) is 10.0 Å². The first-order valence-electron chi connectivity index (χ1n) is 4.94. The normalized spacial score (nSPS) is 11.6. The molecule has 0 atom stereocenters. The second-order valence-electron chi connectivity index (χ2n) is 3.14. The van der Waals surface area contributed by atoms with E-state index in [0.29, 0.717) is 13.2 Å². The van der Waals surface area contributed by atoms with Gasteiger partial charge in [0.25, 0.3) is 0 Å². The lowest BCUT2D eigenvalue weighted by Gasteiger charge is -2.06. The van der Waals surface area contributed by atoms with Crippen LogP contribution >= 0.6 is 0 Å². The van der Waals surface area contributed by atoms with Gasteiger partial charge in [0.15, 0.2) is 0 Å². The largest absolute Gasteiger partial charge is 0.379 e. The molecule has 0 unspecified atom stereocenters. The number of hydrogen-bond donors (Lipinski definition) is 2. The molecule has 96 valence electrons. The van der Waals surface area contributed by atoms with Crippen LogP contribution in [0.15, 0.2) is 23.4 Å². The van der Waals surface area contributed by atoms with Crippen LogP contribution in [0.2, 0.25) is 0 Å². The monoisotopic (exact) mass is 263 g/mol. The fourth-order valence-electron chi connectivity index (χ4n) is 1.06. The van der Waals surface area contributed by atoms with E-state index < -0.39 is 15.8 Å².